The van der Waals surface area contributed by atoms with E-state index >= 15 is 0 Å². The van der Waals surface area contributed by atoms with Gasteiger partial charge in [-0.2, -0.15) is 0 Å². The van der Waals surface area contributed by atoms with Crippen molar-refractivity contribution in [2.24, 2.45) is 17.6 Å². The van der Waals surface area contributed by atoms with E-state index in [0.717, 1.165) is 5.56 Å². The number of phenols is 1. The Hall–Kier alpha value is -5.49. The maximum atomic E-state index is 13.6. The number of nitrogens with one attached hydrogen (secondary N) is 1. The highest BCUT2D eigenvalue weighted by atomic mass is 16.7. The van der Waals surface area contributed by atoms with Gasteiger partial charge in [0.05, 0.1) is 10.9 Å². The first kappa shape index (κ1) is 36.3. The Bertz CT molecular complexity index is 2120. The number of rotatable bonds is 9. The van der Waals surface area contributed by atoms with Crippen molar-refractivity contribution in [3.05, 3.63) is 100 Å². The summed E-state index contributed by atoms with van der Waals surface area (Å²) in [5, 5.41) is 57.9. The number of carbonyl (C=O) groups excluding carboxylic acids is 1. The standard InChI is InChI=1S/C39H38N2O11/c1-22(7-5-10-23-8-3-2-4-9-23)25-11-6-18-38(48)33(35(45)46)52-37(39(49,36(38)47)21-41-20-25)50-27-16-17-28-29(19-27)51-32(34(40)44)30(31(28)43)24-12-14-26(42)15-13-24/h2-5,8-10,12-17,19,22,25,33,36-37,41-42,47-49H,7,11,20-21H2,1H3,(H2,40,44)(H,45,46)/b10-5+/t22-,25+,33-,36+,37-,38-,39-/m1/s1. The normalized spacial score (nSPS) is 26.6. The van der Waals surface area contributed by atoms with Gasteiger partial charge in [0, 0.05) is 19.0 Å². The zero-order chi connectivity index (χ0) is 37.2. The molecule has 0 saturated carbocycles. The molecule has 1 saturated heterocycles. The van der Waals surface area contributed by atoms with E-state index in [-0.39, 0.29) is 51.9 Å². The minimum absolute atomic E-state index is 0.0240. The van der Waals surface area contributed by atoms with Gasteiger partial charge in [-0.1, -0.05) is 73.4 Å². The molecular formula is C39H38N2O11. The van der Waals surface area contributed by atoms with Crippen LogP contribution in [0, 0.1) is 23.7 Å². The number of benzene rings is 3. The van der Waals surface area contributed by atoms with E-state index in [0.29, 0.717) is 13.0 Å². The van der Waals surface area contributed by atoms with Crippen LogP contribution >= 0.6 is 0 Å². The van der Waals surface area contributed by atoms with Crippen molar-refractivity contribution >= 4 is 28.9 Å². The van der Waals surface area contributed by atoms with Crippen molar-refractivity contribution in [2.75, 3.05) is 13.1 Å². The van der Waals surface area contributed by atoms with E-state index in [4.69, 9.17) is 19.6 Å². The Labute approximate surface area is 297 Å². The molecule has 1 aromatic heterocycles. The Morgan fingerprint density at radius 1 is 1.12 bits per heavy atom. The van der Waals surface area contributed by atoms with Crippen molar-refractivity contribution in [3.8, 4) is 34.5 Å². The second-order valence-electron chi connectivity index (χ2n) is 13.2. The molecule has 3 aromatic carbocycles. The Kier molecular flexibility index (Phi) is 10.2. The van der Waals surface area contributed by atoms with Gasteiger partial charge in [-0.3, -0.25) is 9.59 Å². The van der Waals surface area contributed by atoms with Crippen molar-refractivity contribution in [1.29, 1.82) is 0 Å². The summed E-state index contributed by atoms with van der Waals surface area (Å²) >= 11 is 0. The predicted molar refractivity (Wildman–Crippen MR) is 189 cm³/mol. The number of hydrogen-bond acceptors (Lipinski definition) is 11. The summed E-state index contributed by atoms with van der Waals surface area (Å²) < 4.78 is 17.4. The van der Waals surface area contributed by atoms with Gasteiger partial charge in [0.2, 0.25) is 23.6 Å². The molecule has 2 aliphatic rings. The minimum atomic E-state index is -2.72. The number of carbonyl (C=O) groups is 2. The number of aromatic hydroxyl groups is 1. The largest absolute Gasteiger partial charge is 0.508 e. The van der Waals surface area contributed by atoms with Crippen molar-refractivity contribution < 1.29 is 49.0 Å². The second kappa shape index (κ2) is 14.6. The molecule has 2 bridgehead atoms. The van der Waals surface area contributed by atoms with Crippen molar-refractivity contribution in [3.63, 3.8) is 0 Å². The molecule has 1 amide bonds. The van der Waals surface area contributed by atoms with Crippen molar-refractivity contribution in [1.82, 2.24) is 5.32 Å². The lowest BCUT2D eigenvalue weighted by Gasteiger charge is -2.50. The third-order valence-corrected chi connectivity index (χ3v) is 9.56. The van der Waals surface area contributed by atoms with Crippen LogP contribution < -0.4 is 21.2 Å². The van der Waals surface area contributed by atoms with Crippen LogP contribution in [0.2, 0.25) is 0 Å². The van der Waals surface area contributed by atoms with Crippen LogP contribution in [-0.2, 0) is 9.53 Å². The third-order valence-electron chi connectivity index (χ3n) is 9.56. The average Bonchev–Trinajstić information content (AvgIpc) is 3.11. The summed E-state index contributed by atoms with van der Waals surface area (Å²) in [5.41, 5.74) is 0.839. The maximum absolute atomic E-state index is 13.6. The number of aliphatic hydroxyl groups excluding tert-OH is 1. The fourth-order valence-corrected chi connectivity index (χ4v) is 6.55. The number of hydrogen-bond donors (Lipinski definition) is 7. The van der Waals surface area contributed by atoms with E-state index in [1.165, 1.54) is 42.5 Å². The first-order valence-electron chi connectivity index (χ1n) is 16.6. The van der Waals surface area contributed by atoms with Crippen LogP contribution in [0.5, 0.6) is 11.5 Å². The van der Waals surface area contributed by atoms with Gasteiger partial charge < -0.3 is 50.5 Å². The lowest BCUT2D eigenvalue weighted by atomic mass is 9.75. The molecule has 2 aliphatic heterocycles. The predicted octanol–water partition coefficient (Wildman–Crippen LogP) is 2.63. The molecule has 270 valence electrons. The lowest BCUT2D eigenvalue weighted by molar-refractivity contribution is -0.328. The molecule has 1 fully saturated rings. The maximum Gasteiger partial charge on any atom is 0.337 e. The van der Waals surface area contributed by atoms with Gasteiger partial charge in [-0.05, 0) is 60.2 Å². The number of allylic oxidation sites excluding steroid dienone is 1. The fourth-order valence-electron chi connectivity index (χ4n) is 6.55. The van der Waals surface area contributed by atoms with E-state index in [1.54, 1.807) is 0 Å². The first-order valence-corrected chi connectivity index (χ1v) is 16.6. The molecule has 4 aromatic rings. The van der Waals surface area contributed by atoms with Crippen LogP contribution in [0.1, 0.15) is 35.9 Å². The third kappa shape index (κ3) is 7.03. The number of carboxylic acid groups (broad SMARTS) is 1. The van der Waals surface area contributed by atoms with Gasteiger partial charge in [0.15, 0.2) is 11.2 Å². The van der Waals surface area contributed by atoms with Crippen LogP contribution in [0.3, 0.4) is 0 Å². The average molecular weight is 711 g/mol. The smallest absolute Gasteiger partial charge is 0.337 e. The Balaban J connectivity index is 1.30. The zero-order valence-corrected chi connectivity index (χ0v) is 28.1. The number of aliphatic carboxylic acids is 1. The zero-order valence-electron chi connectivity index (χ0n) is 28.1. The van der Waals surface area contributed by atoms with Gasteiger partial charge >= 0.3 is 5.97 Å². The number of β-amino-alcohol motifs (C(OH)–C–C–N with tert-alkyl or cyclic N) is 1. The highest BCUT2D eigenvalue weighted by molar-refractivity contribution is 5.99. The summed E-state index contributed by atoms with van der Waals surface area (Å²) in [6, 6.07) is 19.2. The molecule has 0 radical (unpaired) electrons. The Morgan fingerprint density at radius 2 is 1.85 bits per heavy atom. The molecule has 8 N–H and O–H groups in total. The molecule has 13 nitrogen and oxygen atoms in total. The van der Waals surface area contributed by atoms with Crippen LogP contribution in [0.4, 0.5) is 0 Å². The van der Waals surface area contributed by atoms with Crippen LogP contribution in [0.25, 0.3) is 28.2 Å². The highest BCUT2D eigenvalue weighted by Crippen LogP contribution is 2.39. The quantitative estimate of drug-likeness (QED) is 0.125. The molecular weight excluding hydrogens is 672 g/mol. The molecule has 0 unspecified atom stereocenters. The van der Waals surface area contributed by atoms with Crippen LogP contribution in [-0.4, -0.2) is 80.2 Å². The van der Waals surface area contributed by atoms with Crippen LogP contribution in [0.15, 0.2) is 88.1 Å². The SMILES string of the molecule is C[C@H](C/C=C/c1ccccc1)[C@H]1CC#C[C@@]2(O)[C@@H](C(=O)O)O[C@@H](Oc3ccc4c(=O)c(-c5ccc(O)cc5)c(C(N)=O)oc4c3)[C@@](O)(CNC1)[C@H]2O. The molecule has 0 aliphatic carbocycles. The van der Waals surface area contributed by atoms with Gasteiger partial charge in [-0.25, -0.2) is 4.79 Å². The summed E-state index contributed by atoms with van der Waals surface area (Å²) in [7, 11) is 0. The molecule has 13 heteroatoms. The van der Waals surface area contributed by atoms with Gasteiger partial charge in [0.25, 0.3) is 5.91 Å². The summed E-state index contributed by atoms with van der Waals surface area (Å²) in [6.45, 7) is 1.99. The van der Waals surface area contributed by atoms with Gasteiger partial charge in [0.1, 0.15) is 23.2 Å². The number of aliphatic hydroxyl groups is 3. The fraction of sp³-hybridized carbons (Fsp3) is 0.308. The van der Waals surface area contributed by atoms with Gasteiger partial charge in [-0.15, -0.1) is 0 Å². The number of fused-ring (bicyclic) bond motifs is 3. The first-order chi connectivity index (χ1) is 24.8. The number of phenolic OH excluding ortho intramolecular Hbond substituents is 1. The number of primary amides is 1. The highest BCUT2D eigenvalue weighted by Gasteiger charge is 2.65. The van der Waals surface area contributed by atoms with Crippen molar-refractivity contribution in [2.45, 2.75) is 49.5 Å². The molecule has 3 heterocycles. The Morgan fingerprint density at radius 3 is 2.54 bits per heavy atom. The summed E-state index contributed by atoms with van der Waals surface area (Å²) in [5.74, 6) is 2.00. The second-order valence-corrected chi connectivity index (χ2v) is 13.2. The number of carboxylic acids is 1. The number of amides is 1. The molecule has 6 rings (SSSR count). The van der Waals surface area contributed by atoms with E-state index in [9.17, 15) is 39.9 Å². The summed E-state index contributed by atoms with van der Waals surface area (Å²) in [4.78, 5) is 38.4. The summed E-state index contributed by atoms with van der Waals surface area (Å²) in [6.07, 6.45) is -1.20. The monoisotopic (exact) mass is 710 g/mol. The minimum Gasteiger partial charge on any atom is -0.508 e. The molecule has 52 heavy (non-hydrogen) atoms. The van der Waals surface area contributed by atoms with E-state index in [1.807, 2.05) is 43.3 Å². The lowest BCUT2D eigenvalue weighted by Crippen LogP contribution is -2.76. The number of ether oxygens (including phenoxy) is 2. The molecule has 0 spiro atoms. The topological polar surface area (TPSA) is 222 Å². The number of nitrogens with two attached hydrogens (primary N) is 1. The van der Waals surface area contributed by atoms with E-state index in [2.05, 4.69) is 23.2 Å². The molecule has 7 atom stereocenters. The van der Waals surface area contributed by atoms with E-state index < -0.39 is 59.3 Å².